The highest BCUT2D eigenvalue weighted by atomic mass is 16.5. The molecule has 0 aromatic carbocycles. The molecule has 3 aliphatic carbocycles. The van der Waals surface area contributed by atoms with Crippen LogP contribution in [0.2, 0.25) is 0 Å². The smallest absolute Gasteiger partial charge is 0.336 e. The molecule has 4 aliphatic rings. The summed E-state index contributed by atoms with van der Waals surface area (Å²) in [6.45, 7) is 8.47. The van der Waals surface area contributed by atoms with Gasteiger partial charge in [-0.15, -0.1) is 0 Å². The first-order valence-electron chi connectivity index (χ1n) is 12.8. The van der Waals surface area contributed by atoms with Crippen LogP contribution in [0.5, 0.6) is 0 Å². The van der Waals surface area contributed by atoms with E-state index in [1.54, 1.807) is 6.08 Å². The molecule has 1 aliphatic heterocycles. The van der Waals surface area contributed by atoms with Gasteiger partial charge in [0.2, 0.25) is 0 Å². The zero-order valence-electron chi connectivity index (χ0n) is 20.1. The molecular weight excluding hydrogens is 398 g/mol. The lowest BCUT2D eigenvalue weighted by molar-refractivity contribution is -0.218. The Morgan fingerprint density at radius 2 is 2.16 bits per heavy atom. The Bertz CT molecular complexity index is 803. The van der Waals surface area contributed by atoms with E-state index in [0.29, 0.717) is 11.7 Å². The highest BCUT2D eigenvalue weighted by Crippen LogP contribution is 2.61. The zero-order chi connectivity index (χ0) is 22.8. The summed E-state index contributed by atoms with van der Waals surface area (Å²) in [6, 6.07) is 0.209. The van der Waals surface area contributed by atoms with Gasteiger partial charge in [-0.25, -0.2) is 4.79 Å². The van der Waals surface area contributed by atoms with Gasteiger partial charge in [-0.05, 0) is 82.4 Å². The van der Waals surface area contributed by atoms with Crippen LogP contribution in [0.1, 0.15) is 72.1 Å². The topological polar surface area (TPSA) is 49.8 Å². The highest BCUT2D eigenvalue weighted by Gasteiger charge is 2.63. The van der Waals surface area contributed by atoms with Gasteiger partial charge in [0.15, 0.2) is 0 Å². The van der Waals surface area contributed by atoms with E-state index in [1.807, 2.05) is 25.2 Å². The van der Waals surface area contributed by atoms with Crippen molar-refractivity contribution in [2.75, 3.05) is 13.1 Å². The fraction of sp³-hybridized carbons (Fsp3) is 0.679. The molecule has 0 radical (unpaired) electrons. The van der Waals surface area contributed by atoms with Crippen molar-refractivity contribution in [3.05, 3.63) is 48.3 Å². The lowest BCUT2D eigenvalue weighted by Crippen LogP contribution is -2.71. The number of ether oxygens (including phenoxy) is 1. The predicted octanol–water partition coefficient (Wildman–Crippen LogP) is 5.55. The molecule has 32 heavy (non-hydrogen) atoms. The average Bonchev–Trinajstić information content (AvgIpc) is 2.72. The van der Waals surface area contributed by atoms with Crippen LogP contribution in [-0.2, 0) is 9.53 Å². The number of unbranched alkanes of at least 4 members (excludes halogenated alkanes) is 1. The van der Waals surface area contributed by atoms with Crippen molar-refractivity contribution in [3.63, 3.8) is 0 Å². The molecule has 2 saturated carbocycles. The summed E-state index contributed by atoms with van der Waals surface area (Å²) < 4.78 is 5.66. The summed E-state index contributed by atoms with van der Waals surface area (Å²) in [6.07, 6.45) is 22.6. The normalized spacial score (nSPS) is 37.4. The van der Waals surface area contributed by atoms with Gasteiger partial charge in [0.25, 0.3) is 0 Å². The van der Waals surface area contributed by atoms with Gasteiger partial charge >= 0.3 is 5.97 Å². The molecule has 4 heteroatoms. The number of rotatable bonds is 8. The van der Waals surface area contributed by atoms with Crippen LogP contribution in [0.25, 0.3) is 0 Å². The molecule has 5 atom stereocenters. The molecule has 0 amide bonds. The highest BCUT2D eigenvalue weighted by molar-refractivity contribution is 5.83. The number of fused-ring (bicyclic) bond motifs is 4. The molecular formula is C28H41NO3. The van der Waals surface area contributed by atoms with Gasteiger partial charge in [0.05, 0.1) is 5.60 Å². The maximum Gasteiger partial charge on any atom is 0.336 e. The van der Waals surface area contributed by atoms with Crippen LogP contribution in [0.15, 0.2) is 48.3 Å². The predicted molar refractivity (Wildman–Crippen MR) is 129 cm³/mol. The summed E-state index contributed by atoms with van der Waals surface area (Å²) in [4.78, 5) is 14.9. The van der Waals surface area contributed by atoms with Crippen molar-refractivity contribution >= 4 is 5.97 Å². The summed E-state index contributed by atoms with van der Waals surface area (Å²) in [5.74, 6) is 1.69. The number of hydrogen-bond acceptors (Lipinski definition) is 4. The molecule has 2 bridgehead atoms. The fourth-order valence-electron chi connectivity index (χ4n) is 6.79. The number of likely N-dealkylation sites (tertiary alicyclic amines) is 1. The zero-order valence-corrected chi connectivity index (χ0v) is 20.1. The minimum atomic E-state index is -0.742. The maximum absolute atomic E-state index is 12.2. The largest absolute Gasteiger partial charge is 0.424 e. The summed E-state index contributed by atoms with van der Waals surface area (Å²) in [5.41, 5.74) is -0.913. The Morgan fingerprint density at radius 1 is 1.34 bits per heavy atom. The monoisotopic (exact) mass is 439 g/mol. The lowest BCUT2D eigenvalue weighted by Gasteiger charge is -2.65. The third kappa shape index (κ3) is 4.28. The molecule has 0 aromatic rings. The number of esters is 1. The number of nitrogens with zero attached hydrogens (tertiary/aromatic N) is 1. The van der Waals surface area contributed by atoms with Gasteiger partial charge in [0.1, 0.15) is 5.76 Å². The van der Waals surface area contributed by atoms with E-state index in [4.69, 9.17) is 4.74 Å². The molecule has 1 N–H and O–H groups in total. The first kappa shape index (κ1) is 23.5. The van der Waals surface area contributed by atoms with Crippen molar-refractivity contribution in [1.29, 1.82) is 0 Å². The second-order valence-corrected chi connectivity index (χ2v) is 10.6. The van der Waals surface area contributed by atoms with E-state index in [1.165, 1.54) is 25.3 Å². The van der Waals surface area contributed by atoms with Crippen molar-refractivity contribution in [2.24, 2.45) is 23.2 Å². The van der Waals surface area contributed by atoms with Crippen LogP contribution in [0.3, 0.4) is 0 Å². The van der Waals surface area contributed by atoms with Gasteiger partial charge < -0.3 is 9.84 Å². The Hall–Kier alpha value is -1.65. The van der Waals surface area contributed by atoms with Crippen molar-refractivity contribution < 1.29 is 14.6 Å². The van der Waals surface area contributed by atoms with Gasteiger partial charge in [-0.1, -0.05) is 50.5 Å². The van der Waals surface area contributed by atoms with Gasteiger partial charge in [-0.3, -0.25) is 4.90 Å². The van der Waals surface area contributed by atoms with E-state index in [2.05, 4.69) is 30.9 Å². The Balaban J connectivity index is 1.59. The molecule has 4 nitrogen and oxygen atoms in total. The fourth-order valence-corrected chi connectivity index (χ4v) is 6.79. The average molecular weight is 440 g/mol. The van der Waals surface area contributed by atoms with Crippen LogP contribution in [0, 0.1) is 23.2 Å². The van der Waals surface area contributed by atoms with E-state index in [9.17, 15) is 9.90 Å². The molecule has 0 spiro atoms. The second kappa shape index (κ2) is 9.69. The van der Waals surface area contributed by atoms with Crippen LogP contribution in [0.4, 0.5) is 0 Å². The van der Waals surface area contributed by atoms with Crippen molar-refractivity contribution in [3.8, 4) is 0 Å². The first-order chi connectivity index (χ1) is 15.4. The standard InChI is InChI=1S/C28H41NO3/c1-4-6-8-12-26(30)32-23-14-13-22-18-25-27(3,31)28(15-7-5-2,24(22)19-23)16-17-29(25)20-21-10-9-11-21/h4,6,8,12-14,19,21-22,24-25,31H,5,7,9-11,15-18,20H2,1-3H3/b6-4+,12-8+/t22?,24?,25-,27-,28+/m1/s1. The van der Waals surface area contributed by atoms with Gasteiger partial charge in [-0.2, -0.15) is 0 Å². The number of carbonyl (C=O) groups excluding carboxylic acids is 1. The minimum Gasteiger partial charge on any atom is -0.424 e. The lowest BCUT2D eigenvalue weighted by atomic mass is 9.47. The van der Waals surface area contributed by atoms with Crippen LogP contribution >= 0.6 is 0 Å². The molecule has 1 heterocycles. The number of hydrogen-bond donors (Lipinski definition) is 1. The second-order valence-electron chi connectivity index (χ2n) is 10.6. The minimum absolute atomic E-state index is 0.171. The number of piperidine rings is 1. The van der Waals surface area contributed by atoms with Crippen LogP contribution in [-0.4, -0.2) is 40.7 Å². The summed E-state index contributed by atoms with van der Waals surface area (Å²) in [5, 5.41) is 12.1. The van der Waals surface area contributed by atoms with Crippen molar-refractivity contribution in [1.82, 2.24) is 4.90 Å². The van der Waals surface area contributed by atoms with Gasteiger partial charge in [0, 0.05) is 24.1 Å². The quantitative estimate of drug-likeness (QED) is 0.306. The molecule has 0 aromatic heterocycles. The molecule has 1 saturated heterocycles. The molecule has 4 rings (SSSR count). The summed E-state index contributed by atoms with van der Waals surface area (Å²) in [7, 11) is 0. The van der Waals surface area contributed by atoms with Crippen LogP contribution < -0.4 is 0 Å². The molecule has 2 unspecified atom stereocenters. The number of carbonyl (C=O) groups is 1. The van der Waals surface area contributed by atoms with Crippen molar-refractivity contribution in [2.45, 2.75) is 83.8 Å². The Morgan fingerprint density at radius 3 is 2.84 bits per heavy atom. The SMILES string of the molecule is C/C=C/C=C/C(=O)OC1=CC2C(C=C1)C[C@H]1N(CC3CCC3)CC[C@]2(CCCC)[C@]1(C)O. The number of aliphatic hydroxyl groups is 1. The maximum atomic E-state index is 12.2. The molecule has 176 valence electrons. The summed E-state index contributed by atoms with van der Waals surface area (Å²) >= 11 is 0. The van der Waals surface area contributed by atoms with E-state index in [0.717, 1.165) is 51.1 Å². The first-order valence-corrected chi connectivity index (χ1v) is 12.8. The Labute approximate surface area is 194 Å². The third-order valence-electron chi connectivity index (χ3n) is 8.84. The van der Waals surface area contributed by atoms with E-state index >= 15 is 0 Å². The number of allylic oxidation sites excluding steroid dienone is 6. The third-order valence-corrected chi connectivity index (χ3v) is 8.84. The Kier molecular flexibility index (Phi) is 7.11. The van der Waals surface area contributed by atoms with E-state index < -0.39 is 5.60 Å². The van der Waals surface area contributed by atoms with E-state index in [-0.39, 0.29) is 23.3 Å². The molecule has 3 fully saturated rings.